The first-order valence-electron chi connectivity index (χ1n) is 4.51. The minimum atomic E-state index is -0.293. The van der Waals surface area contributed by atoms with Crippen molar-refractivity contribution in [3.63, 3.8) is 0 Å². The Hall–Kier alpha value is -1.16. The number of hydrogen-bond donors (Lipinski definition) is 1. The van der Waals surface area contributed by atoms with Crippen molar-refractivity contribution in [3.05, 3.63) is 18.0 Å². The topological polar surface area (TPSA) is 50.9 Å². The highest BCUT2D eigenvalue weighted by Crippen LogP contribution is 2.25. The summed E-state index contributed by atoms with van der Waals surface area (Å²) >= 11 is 0. The van der Waals surface area contributed by atoms with Gasteiger partial charge in [0.15, 0.2) is 0 Å². The molecule has 1 N–H and O–H groups in total. The molecular formula is C9H13N3O. The zero-order chi connectivity index (χ0) is 9.26. The van der Waals surface area contributed by atoms with Gasteiger partial charge in [-0.05, 0) is 24.8 Å². The third-order valence-corrected chi connectivity index (χ3v) is 2.38. The van der Waals surface area contributed by atoms with Crippen LogP contribution in [0.15, 0.2) is 12.3 Å². The van der Waals surface area contributed by atoms with Gasteiger partial charge in [0.25, 0.3) is 0 Å². The van der Waals surface area contributed by atoms with Crippen LogP contribution in [0.1, 0.15) is 25.0 Å². The fourth-order valence-electron chi connectivity index (χ4n) is 1.69. The molecule has 0 bridgehead atoms. The Morgan fingerprint density at radius 3 is 3.08 bits per heavy atom. The molecule has 0 spiro atoms. The molecule has 0 saturated heterocycles. The second kappa shape index (κ2) is 3.30. The molecule has 4 heteroatoms. The van der Waals surface area contributed by atoms with Crippen molar-refractivity contribution in [2.45, 2.75) is 25.4 Å². The smallest absolute Gasteiger partial charge is 0.0839 e. The monoisotopic (exact) mass is 179 g/mol. The Labute approximate surface area is 76.9 Å². The number of aliphatic hydroxyl groups excluding tert-OH is 1. The van der Waals surface area contributed by atoms with Gasteiger partial charge in [0.2, 0.25) is 0 Å². The van der Waals surface area contributed by atoms with Crippen molar-refractivity contribution in [2.24, 2.45) is 7.05 Å². The average Bonchev–Trinajstić information content (AvgIpc) is 2.51. The van der Waals surface area contributed by atoms with Crippen LogP contribution in [0.4, 0.5) is 0 Å². The molecule has 1 heterocycles. The van der Waals surface area contributed by atoms with Crippen LogP contribution < -0.4 is 0 Å². The van der Waals surface area contributed by atoms with Crippen LogP contribution in [0.3, 0.4) is 0 Å². The van der Waals surface area contributed by atoms with Crippen LogP contribution in [0.25, 0.3) is 5.57 Å². The van der Waals surface area contributed by atoms with Gasteiger partial charge >= 0.3 is 0 Å². The van der Waals surface area contributed by atoms with E-state index >= 15 is 0 Å². The number of rotatable bonds is 1. The van der Waals surface area contributed by atoms with Gasteiger partial charge in [-0.2, -0.15) is 0 Å². The summed E-state index contributed by atoms with van der Waals surface area (Å²) in [5.74, 6) is 0. The lowest BCUT2D eigenvalue weighted by Crippen LogP contribution is -2.10. The Kier molecular flexibility index (Phi) is 2.14. The molecule has 1 aromatic heterocycles. The Morgan fingerprint density at radius 2 is 2.46 bits per heavy atom. The fraction of sp³-hybridized carbons (Fsp3) is 0.556. The lowest BCUT2D eigenvalue weighted by molar-refractivity contribution is 0.206. The molecule has 1 unspecified atom stereocenters. The molecule has 0 saturated carbocycles. The molecule has 0 radical (unpaired) electrons. The van der Waals surface area contributed by atoms with Crippen LogP contribution >= 0.6 is 0 Å². The van der Waals surface area contributed by atoms with Gasteiger partial charge < -0.3 is 5.11 Å². The highest BCUT2D eigenvalue weighted by Gasteiger charge is 2.14. The van der Waals surface area contributed by atoms with E-state index in [9.17, 15) is 5.11 Å². The lowest BCUT2D eigenvalue weighted by Gasteiger charge is -2.16. The van der Waals surface area contributed by atoms with Crippen molar-refractivity contribution in [3.8, 4) is 0 Å². The van der Waals surface area contributed by atoms with Crippen molar-refractivity contribution >= 4 is 5.57 Å². The van der Waals surface area contributed by atoms with Gasteiger partial charge in [0, 0.05) is 7.05 Å². The molecule has 1 aliphatic rings. The van der Waals surface area contributed by atoms with E-state index in [2.05, 4.69) is 10.3 Å². The summed E-state index contributed by atoms with van der Waals surface area (Å²) in [6.45, 7) is 0. The van der Waals surface area contributed by atoms with Crippen molar-refractivity contribution in [1.82, 2.24) is 15.0 Å². The van der Waals surface area contributed by atoms with Gasteiger partial charge in [0.05, 0.1) is 18.0 Å². The number of aliphatic hydroxyl groups is 1. The summed E-state index contributed by atoms with van der Waals surface area (Å²) in [4.78, 5) is 0. The minimum absolute atomic E-state index is 0.293. The maximum Gasteiger partial charge on any atom is 0.0839 e. The number of allylic oxidation sites excluding steroid dienone is 1. The maximum atomic E-state index is 9.44. The summed E-state index contributed by atoms with van der Waals surface area (Å²) < 4.78 is 1.74. The molecule has 1 aromatic rings. The van der Waals surface area contributed by atoms with Crippen LogP contribution in [0.2, 0.25) is 0 Å². The maximum absolute atomic E-state index is 9.44. The first-order valence-corrected chi connectivity index (χ1v) is 4.51. The SMILES string of the molecule is Cn1nncc1C1=CC(O)CCC1. The molecule has 0 fully saturated rings. The standard InChI is InChI=1S/C9H13N3O/c1-12-9(6-10-11-12)7-3-2-4-8(13)5-7/h5-6,8,13H,2-4H2,1H3. The molecule has 4 nitrogen and oxygen atoms in total. The number of nitrogens with zero attached hydrogens (tertiary/aromatic N) is 3. The predicted molar refractivity (Wildman–Crippen MR) is 48.8 cm³/mol. The third kappa shape index (κ3) is 1.62. The quantitative estimate of drug-likeness (QED) is 0.692. The van der Waals surface area contributed by atoms with E-state index in [1.165, 1.54) is 0 Å². The van der Waals surface area contributed by atoms with Crippen molar-refractivity contribution in [2.75, 3.05) is 0 Å². The van der Waals surface area contributed by atoms with E-state index in [0.717, 1.165) is 30.5 Å². The summed E-state index contributed by atoms with van der Waals surface area (Å²) in [6.07, 6.45) is 6.27. The minimum Gasteiger partial charge on any atom is -0.389 e. The number of aryl methyl sites for hydroxylation is 1. The highest BCUT2D eigenvalue weighted by molar-refractivity contribution is 5.63. The second-order valence-electron chi connectivity index (χ2n) is 3.39. The van der Waals surface area contributed by atoms with Gasteiger partial charge in [-0.15, -0.1) is 5.10 Å². The van der Waals surface area contributed by atoms with E-state index in [1.54, 1.807) is 10.9 Å². The van der Waals surface area contributed by atoms with Crippen LogP contribution in [0, 0.1) is 0 Å². The van der Waals surface area contributed by atoms with Crippen molar-refractivity contribution < 1.29 is 5.11 Å². The number of hydrogen-bond acceptors (Lipinski definition) is 3. The van der Waals surface area contributed by atoms with Gasteiger partial charge in [-0.1, -0.05) is 11.3 Å². The lowest BCUT2D eigenvalue weighted by atomic mass is 9.96. The third-order valence-electron chi connectivity index (χ3n) is 2.38. The van der Waals surface area contributed by atoms with E-state index in [4.69, 9.17) is 0 Å². The number of aromatic nitrogens is 3. The fourth-order valence-corrected chi connectivity index (χ4v) is 1.69. The molecule has 70 valence electrons. The second-order valence-corrected chi connectivity index (χ2v) is 3.39. The summed E-state index contributed by atoms with van der Waals surface area (Å²) in [7, 11) is 1.87. The Balaban J connectivity index is 2.30. The van der Waals surface area contributed by atoms with Crippen LogP contribution in [-0.2, 0) is 7.05 Å². The summed E-state index contributed by atoms with van der Waals surface area (Å²) in [6, 6.07) is 0. The van der Waals surface area contributed by atoms with Crippen LogP contribution in [-0.4, -0.2) is 26.2 Å². The van der Waals surface area contributed by atoms with Gasteiger partial charge in [0.1, 0.15) is 0 Å². The largest absolute Gasteiger partial charge is 0.389 e. The Morgan fingerprint density at radius 1 is 1.62 bits per heavy atom. The first-order chi connectivity index (χ1) is 6.27. The average molecular weight is 179 g/mol. The van der Waals surface area contributed by atoms with E-state index in [-0.39, 0.29) is 6.10 Å². The molecule has 1 atom stereocenters. The summed E-state index contributed by atoms with van der Waals surface area (Å²) in [5, 5.41) is 17.1. The van der Waals surface area contributed by atoms with Crippen molar-refractivity contribution in [1.29, 1.82) is 0 Å². The molecule has 13 heavy (non-hydrogen) atoms. The van der Waals surface area contributed by atoms with E-state index in [1.807, 2.05) is 13.1 Å². The molecule has 0 amide bonds. The molecular weight excluding hydrogens is 166 g/mol. The molecule has 2 rings (SSSR count). The first kappa shape index (κ1) is 8.44. The highest BCUT2D eigenvalue weighted by atomic mass is 16.3. The van der Waals surface area contributed by atoms with E-state index in [0.29, 0.717) is 0 Å². The molecule has 0 aromatic carbocycles. The van der Waals surface area contributed by atoms with Gasteiger partial charge in [-0.3, -0.25) is 0 Å². The molecule has 0 aliphatic heterocycles. The normalized spacial score (nSPS) is 22.9. The van der Waals surface area contributed by atoms with Crippen LogP contribution in [0.5, 0.6) is 0 Å². The predicted octanol–water partition coefficient (Wildman–Crippen LogP) is 0.743. The van der Waals surface area contributed by atoms with E-state index < -0.39 is 0 Å². The Bertz CT molecular complexity index is 329. The van der Waals surface area contributed by atoms with Gasteiger partial charge in [-0.25, -0.2) is 4.68 Å². The zero-order valence-corrected chi connectivity index (χ0v) is 7.64. The molecule has 1 aliphatic carbocycles. The summed E-state index contributed by atoms with van der Waals surface area (Å²) in [5.41, 5.74) is 2.17. The zero-order valence-electron chi connectivity index (χ0n) is 7.64.